The van der Waals surface area contributed by atoms with E-state index < -0.39 is 12.0 Å². The largest absolute Gasteiger partial charge is 0.480 e. The first kappa shape index (κ1) is 12.2. The minimum Gasteiger partial charge on any atom is -0.480 e. The van der Waals surface area contributed by atoms with Gasteiger partial charge in [-0.3, -0.25) is 4.79 Å². The Balaban J connectivity index is 2.54. The van der Waals surface area contributed by atoms with Gasteiger partial charge in [0, 0.05) is 22.7 Å². The molecule has 94 valence electrons. The van der Waals surface area contributed by atoms with Crippen LogP contribution in [0.25, 0.3) is 10.8 Å². The lowest BCUT2D eigenvalue weighted by molar-refractivity contribution is -0.137. The summed E-state index contributed by atoms with van der Waals surface area (Å²) in [4.78, 5) is 15.0. The predicted octanol–water partition coefficient (Wildman–Crippen LogP) is 2.01. The van der Waals surface area contributed by atoms with Crippen LogP contribution in [0.3, 0.4) is 0 Å². The molecule has 4 N–H and O–H groups in total. The van der Waals surface area contributed by atoms with Crippen molar-refractivity contribution < 1.29 is 9.90 Å². The molecule has 18 heavy (non-hydrogen) atoms. The van der Waals surface area contributed by atoms with Crippen LogP contribution in [0.15, 0.2) is 24.4 Å². The second-order valence-corrected chi connectivity index (χ2v) is 4.31. The van der Waals surface area contributed by atoms with E-state index in [0.29, 0.717) is 11.5 Å². The van der Waals surface area contributed by atoms with Crippen LogP contribution in [-0.4, -0.2) is 22.1 Å². The zero-order valence-corrected chi connectivity index (χ0v) is 10.3. The Hall–Kier alpha value is -2.30. The van der Waals surface area contributed by atoms with Gasteiger partial charge in [0.2, 0.25) is 0 Å². The molecule has 0 radical (unpaired) electrons. The van der Waals surface area contributed by atoms with Gasteiger partial charge in [-0.15, -0.1) is 0 Å². The number of aliphatic carboxylic acids is 1. The standard InChI is InChI=1S/C13H15N3O2/c1-7-5-10-9(11(14)6-7)3-4-15-12(10)16-8(2)13(17)18/h3-6,8H,14H2,1-2H3,(H,15,16)(H,17,18). The Labute approximate surface area is 105 Å². The van der Waals surface area contributed by atoms with Gasteiger partial charge in [0.15, 0.2) is 0 Å². The maximum Gasteiger partial charge on any atom is 0.325 e. The molecule has 0 saturated carbocycles. The van der Waals surface area contributed by atoms with Crippen molar-refractivity contribution >= 4 is 28.2 Å². The molecule has 0 fully saturated rings. The Bertz CT molecular complexity index is 610. The first-order valence-corrected chi connectivity index (χ1v) is 5.63. The maximum absolute atomic E-state index is 10.9. The van der Waals surface area contributed by atoms with Crippen LogP contribution in [0.5, 0.6) is 0 Å². The molecule has 1 atom stereocenters. The fourth-order valence-electron chi connectivity index (χ4n) is 1.85. The van der Waals surface area contributed by atoms with E-state index in [-0.39, 0.29) is 0 Å². The van der Waals surface area contributed by atoms with Gasteiger partial charge in [-0.05, 0) is 37.6 Å². The molecule has 2 rings (SSSR count). The fraction of sp³-hybridized carbons (Fsp3) is 0.231. The summed E-state index contributed by atoms with van der Waals surface area (Å²) in [5.41, 5.74) is 7.62. The van der Waals surface area contributed by atoms with Crippen molar-refractivity contribution in [1.29, 1.82) is 0 Å². The normalized spacial score (nSPS) is 12.3. The Morgan fingerprint density at radius 1 is 1.44 bits per heavy atom. The van der Waals surface area contributed by atoms with Crippen molar-refractivity contribution in [3.8, 4) is 0 Å². The highest BCUT2D eigenvalue weighted by molar-refractivity contribution is 6.00. The van der Waals surface area contributed by atoms with Gasteiger partial charge in [0.25, 0.3) is 0 Å². The van der Waals surface area contributed by atoms with Gasteiger partial charge in [-0.2, -0.15) is 0 Å². The van der Waals surface area contributed by atoms with Crippen molar-refractivity contribution in [3.63, 3.8) is 0 Å². The summed E-state index contributed by atoms with van der Waals surface area (Å²) in [6.07, 6.45) is 1.62. The molecular weight excluding hydrogens is 230 g/mol. The highest BCUT2D eigenvalue weighted by Gasteiger charge is 2.13. The number of carbonyl (C=O) groups is 1. The van der Waals surface area contributed by atoms with E-state index in [4.69, 9.17) is 10.8 Å². The number of aryl methyl sites for hydroxylation is 1. The number of nitrogen functional groups attached to an aromatic ring is 1. The number of pyridine rings is 1. The van der Waals surface area contributed by atoms with E-state index >= 15 is 0 Å². The van der Waals surface area contributed by atoms with Gasteiger partial charge in [-0.1, -0.05) is 0 Å². The molecule has 0 aliphatic heterocycles. The molecule has 1 heterocycles. The average Bonchev–Trinajstić information content (AvgIpc) is 2.29. The molecular formula is C13H15N3O2. The van der Waals surface area contributed by atoms with Crippen molar-refractivity contribution in [2.24, 2.45) is 0 Å². The Morgan fingerprint density at radius 2 is 2.17 bits per heavy atom. The summed E-state index contributed by atoms with van der Waals surface area (Å²) in [7, 11) is 0. The molecule has 0 bridgehead atoms. The summed E-state index contributed by atoms with van der Waals surface area (Å²) in [6.45, 7) is 3.51. The van der Waals surface area contributed by atoms with Crippen LogP contribution in [-0.2, 0) is 4.79 Å². The Morgan fingerprint density at radius 3 is 2.83 bits per heavy atom. The van der Waals surface area contributed by atoms with E-state index in [1.54, 1.807) is 13.1 Å². The minimum absolute atomic E-state index is 0.540. The highest BCUT2D eigenvalue weighted by Crippen LogP contribution is 2.27. The second kappa shape index (κ2) is 4.52. The van der Waals surface area contributed by atoms with E-state index in [0.717, 1.165) is 16.3 Å². The Kier molecular flexibility index (Phi) is 3.06. The van der Waals surface area contributed by atoms with Gasteiger partial charge in [0.1, 0.15) is 11.9 Å². The van der Waals surface area contributed by atoms with E-state index in [1.165, 1.54) is 0 Å². The monoisotopic (exact) mass is 245 g/mol. The highest BCUT2D eigenvalue weighted by atomic mass is 16.4. The molecule has 0 amide bonds. The van der Waals surface area contributed by atoms with E-state index in [9.17, 15) is 4.79 Å². The van der Waals surface area contributed by atoms with Crippen molar-refractivity contribution in [2.75, 3.05) is 11.1 Å². The molecule has 0 aliphatic rings. The number of hydrogen-bond donors (Lipinski definition) is 3. The van der Waals surface area contributed by atoms with Crippen LogP contribution in [0.1, 0.15) is 12.5 Å². The zero-order chi connectivity index (χ0) is 13.3. The van der Waals surface area contributed by atoms with Gasteiger partial charge < -0.3 is 16.2 Å². The van der Waals surface area contributed by atoms with Crippen LogP contribution in [0.2, 0.25) is 0 Å². The predicted molar refractivity (Wildman–Crippen MR) is 71.6 cm³/mol. The first-order valence-electron chi connectivity index (χ1n) is 5.63. The number of anilines is 2. The molecule has 1 unspecified atom stereocenters. The topological polar surface area (TPSA) is 88.2 Å². The number of carboxylic acid groups (broad SMARTS) is 1. The second-order valence-electron chi connectivity index (χ2n) is 4.31. The molecule has 0 spiro atoms. The van der Waals surface area contributed by atoms with E-state index in [2.05, 4.69) is 10.3 Å². The SMILES string of the molecule is Cc1cc(N)c2ccnc(NC(C)C(=O)O)c2c1. The third-order valence-electron chi connectivity index (χ3n) is 2.78. The molecule has 1 aromatic carbocycles. The molecule has 5 nitrogen and oxygen atoms in total. The molecule has 0 aliphatic carbocycles. The molecule has 1 aromatic heterocycles. The first-order chi connectivity index (χ1) is 8.49. The lowest BCUT2D eigenvalue weighted by Gasteiger charge is -2.13. The van der Waals surface area contributed by atoms with E-state index in [1.807, 2.05) is 25.1 Å². The van der Waals surface area contributed by atoms with Gasteiger partial charge >= 0.3 is 5.97 Å². The number of hydrogen-bond acceptors (Lipinski definition) is 4. The van der Waals surface area contributed by atoms with Crippen LogP contribution in [0.4, 0.5) is 11.5 Å². The summed E-state index contributed by atoms with van der Waals surface area (Å²) < 4.78 is 0. The number of benzene rings is 1. The summed E-state index contributed by atoms with van der Waals surface area (Å²) in [6, 6.07) is 4.94. The number of carboxylic acids is 1. The zero-order valence-electron chi connectivity index (χ0n) is 10.3. The fourth-order valence-corrected chi connectivity index (χ4v) is 1.85. The number of fused-ring (bicyclic) bond motifs is 1. The molecule has 2 aromatic rings. The number of rotatable bonds is 3. The minimum atomic E-state index is -0.922. The van der Waals surface area contributed by atoms with Gasteiger partial charge in [-0.25, -0.2) is 4.98 Å². The summed E-state index contributed by atoms with van der Waals surface area (Å²) in [5.74, 6) is -0.382. The number of nitrogens with two attached hydrogens (primary N) is 1. The number of nitrogens with zero attached hydrogens (tertiary/aromatic N) is 1. The van der Waals surface area contributed by atoms with Crippen molar-refractivity contribution in [1.82, 2.24) is 4.98 Å². The van der Waals surface area contributed by atoms with Crippen LogP contribution in [0, 0.1) is 6.92 Å². The number of nitrogens with one attached hydrogen (secondary N) is 1. The smallest absolute Gasteiger partial charge is 0.325 e. The molecule has 5 heteroatoms. The van der Waals surface area contributed by atoms with Crippen molar-refractivity contribution in [2.45, 2.75) is 19.9 Å². The van der Waals surface area contributed by atoms with Crippen LogP contribution < -0.4 is 11.1 Å². The quantitative estimate of drug-likeness (QED) is 0.720. The average molecular weight is 245 g/mol. The summed E-state index contributed by atoms with van der Waals surface area (Å²) >= 11 is 0. The lowest BCUT2D eigenvalue weighted by Crippen LogP contribution is -2.26. The van der Waals surface area contributed by atoms with Crippen LogP contribution >= 0.6 is 0 Å². The molecule has 0 saturated heterocycles. The van der Waals surface area contributed by atoms with Gasteiger partial charge in [0.05, 0.1) is 0 Å². The summed E-state index contributed by atoms with van der Waals surface area (Å²) in [5, 5.41) is 13.5. The van der Waals surface area contributed by atoms with Crippen molar-refractivity contribution in [3.05, 3.63) is 30.0 Å². The lowest BCUT2D eigenvalue weighted by atomic mass is 10.1. The third kappa shape index (κ3) is 2.20. The number of aromatic nitrogens is 1. The third-order valence-corrected chi connectivity index (χ3v) is 2.78. The maximum atomic E-state index is 10.9.